The van der Waals surface area contributed by atoms with Crippen molar-refractivity contribution in [2.75, 3.05) is 26.3 Å². The highest BCUT2D eigenvalue weighted by Gasteiger charge is 2.34. The Hall–Kier alpha value is -2.84. The highest BCUT2D eigenvalue weighted by molar-refractivity contribution is 7.89. The van der Waals surface area contributed by atoms with E-state index < -0.39 is 10.0 Å². The Morgan fingerprint density at radius 1 is 1.03 bits per heavy atom. The van der Waals surface area contributed by atoms with Gasteiger partial charge in [0.05, 0.1) is 11.4 Å². The summed E-state index contributed by atoms with van der Waals surface area (Å²) in [5.41, 5.74) is 0.781. The number of ether oxygens (including phenoxy) is 3. The Bertz CT molecular complexity index is 1160. The molecule has 0 bridgehead atoms. The number of hydrogen-bond acceptors (Lipinski definition) is 6. The van der Waals surface area contributed by atoms with Crippen LogP contribution in [0.3, 0.4) is 0 Å². The molecule has 0 spiro atoms. The first kappa shape index (κ1) is 18.2. The molecule has 0 aliphatic carbocycles. The second kappa shape index (κ2) is 7.20. The maximum atomic E-state index is 13.1. The molecule has 0 amide bonds. The van der Waals surface area contributed by atoms with Crippen molar-refractivity contribution in [1.29, 1.82) is 0 Å². The van der Waals surface area contributed by atoms with Crippen LogP contribution in [0.1, 0.15) is 6.42 Å². The first-order valence-corrected chi connectivity index (χ1v) is 11.0. The summed E-state index contributed by atoms with van der Waals surface area (Å²) in [7, 11) is -3.64. The Morgan fingerprint density at radius 3 is 2.76 bits per heavy atom. The average Bonchev–Trinajstić information content (AvgIpc) is 3.23. The van der Waals surface area contributed by atoms with Gasteiger partial charge in [-0.2, -0.15) is 4.31 Å². The van der Waals surface area contributed by atoms with Gasteiger partial charge in [0, 0.05) is 24.2 Å². The number of benzene rings is 2. The molecule has 3 aromatic rings. The van der Waals surface area contributed by atoms with E-state index in [1.165, 1.54) is 10.4 Å². The zero-order valence-corrected chi connectivity index (χ0v) is 16.5. The van der Waals surface area contributed by atoms with Crippen LogP contribution in [0.2, 0.25) is 0 Å². The number of aromatic nitrogens is 1. The lowest BCUT2D eigenvalue weighted by Crippen LogP contribution is -2.31. The smallest absolute Gasteiger partial charge is 0.243 e. The van der Waals surface area contributed by atoms with Crippen LogP contribution in [0.4, 0.5) is 0 Å². The quantitative estimate of drug-likeness (QED) is 0.656. The molecule has 2 aromatic carbocycles. The minimum Gasteiger partial charge on any atom is -0.487 e. The molecule has 150 valence electrons. The fourth-order valence-electron chi connectivity index (χ4n) is 3.70. The zero-order chi connectivity index (χ0) is 19.8. The lowest BCUT2D eigenvalue weighted by Gasteiger charge is -2.21. The molecular weight excluding hydrogens is 392 g/mol. The van der Waals surface area contributed by atoms with E-state index in [9.17, 15) is 8.42 Å². The molecule has 0 saturated carbocycles. The van der Waals surface area contributed by atoms with Crippen LogP contribution in [-0.2, 0) is 10.0 Å². The molecule has 5 rings (SSSR count). The van der Waals surface area contributed by atoms with Crippen LogP contribution in [0.15, 0.2) is 59.6 Å². The molecule has 1 atom stereocenters. The summed E-state index contributed by atoms with van der Waals surface area (Å²) < 4.78 is 44.8. The Balaban J connectivity index is 1.35. The number of para-hydroxylation sites is 1. The summed E-state index contributed by atoms with van der Waals surface area (Å²) in [5.74, 6) is 1.71. The van der Waals surface area contributed by atoms with Crippen molar-refractivity contribution in [2.24, 2.45) is 0 Å². The number of hydrogen-bond donors (Lipinski definition) is 0. The van der Waals surface area contributed by atoms with Gasteiger partial charge in [-0.3, -0.25) is 4.98 Å². The second-order valence-electron chi connectivity index (χ2n) is 7.03. The number of nitrogens with zero attached hydrogens (tertiary/aromatic N) is 2. The topological polar surface area (TPSA) is 78.0 Å². The second-order valence-corrected chi connectivity index (χ2v) is 8.97. The molecule has 0 N–H and O–H groups in total. The summed E-state index contributed by atoms with van der Waals surface area (Å²) in [6, 6.07) is 14.4. The molecule has 29 heavy (non-hydrogen) atoms. The van der Waals surface area contributed by atoms with Crippen LogP contribution in [0, 0.1) is 0 Å². The highest BCUT2D eigenvalue weighted by Crippen LogP contribution is 2.34. The monoisotopic (exact) mass is 412 g/mol. The molecule has 2 aliphatic rings. The van der Waals surface area contributed by atoms with Gasteiger partial charge in [0.1, 0.15) is 30.6 Å². The van der Waals surface area contributed by atoms with Gasteiger partial charge < -0.3 is 14.2 Å². The third-order valence-corrected chi connectivity index (χ3v) is 7.01. The minimum atomic E-state index is -3.64. The number of sulfonamides is 1. The minimum absolute atomic E-state index is 0.203. The summed E-state index contributed by atoms with van der Waals surface area (Å²) in [4.78, 5) is 4.60. The van der Waals surface area contributed by atoms with E-state index in [0.29, 0.717) is 50.0 Å². The van der Waals surface area contributed by atoms with Crippen LogP contribution >= 0.6 is 0 Å². The van der Waals surface area contributed by atoms with Crippen molar-refractivity contribution in [1.82, 2.24) is 9.29 Å². The SMILES string of the molecule is O=S(=O)(c1ccc2c(c1)OCCO2)N1CCC(Oc2cccc3cccnc23)C1. The molecule has 8 heteroatoms. The average molecular weight is 412 g/mol. The van der Waals surface area contributed by atoms with E-state index in [1.54, 1.807) is 18.3 Å². The van der Waals surface area contributed by atoms with Crippen molar-refractivity contribution in [3.05, 3.63) is 54.7 Å². The van der Waals surface area contributed by atoms with E-state index in [1.807, 2.05) is 30.3 Å². The van der Waals surface area contributed by atoms with E-state index in [2.05, 4.69) is 4.98 Å². The summed E-state index contributed by atoms with van der Waals surface area (Å²) >= 11 is 0. The van der Waals surface area contributed by atoms with E-state index in [4.69, 9.17) is 14.2 Å². The summed E-state index contributed by atoms with van der Waals surface area (Å²) in [5, 5.41) is 0.990. The Kier molecular flexibility index (Phi) is 4.52. The number of pyridine rings is 1. The number of fused-ring (bicyclic) bond motifs is 2. The Labute approximate surface area is 168 Å². The van der Waals surface area contributed by atoms with Crippen molar-refractivity contribution in [2.45, 2.75) is 17.4 Å². The molecular formula is C21H20N2O5S. The molecule has 3 heterocycles. The maximum absolute atomic E-state index is 13.1. The number of rotatable bonds is 4. The highest BCUT2D eigenvalue weighted by atomic mass is 32.2. The fraction of sp³-hybridized carbons (Fsp3) is 0.286. The molecule has 7 nitrogen and oxygen atoms in total. The first-order valence-electron chi connectivity index (χ1n) is 9.51. The predicted octanol–water partition coefficient (Wildman–Crippen LogP) is 2.85. The normalized spacial score (nSPS) is 19.4. The molecule has 1 aromatic heterocycles. The first-order chi connectivity index (χ1) is 14.1. The van der Waals surface area contributed by atoms with Gasteiger partial charge in [0.15, 0.2) is 11.5 Å². The predicted molar refractivity (Wildman–Crippen MR) is 107 cm³/mol. The van der Waals surface area contributed by atoms with Crippen LogP contribution in [-0.4, -0.2) is 50.1 Å². The van der Waals surface area contributed by atoms with Gasteiger partial charge in [-0.05, 0) is 30.7 Å². The summed E-state index contributed by atoms with van der Waals surface area (Å²) in [6.07, 6.45) is 2.12. The molecule has 2 aliphatic heterocycles. The van der Waals surface area contributed by atoms with Crippen molar-refractivity contribution in [3.8, 4) is 17.2 Å². The van der Waals surface area contributed by atoms with Crippen molar-refractivity contribution < 1.29 is 22.6 Å². The third-order valence-electron chi connectivity index (χ3n) is 5.15. The lowest BCUT2D eigenvalue weighted by molar-refractivity contribution is 0.171. The maximum Gasteiger partial charge on any atom is 0.243 e. The zero-order valence-electron chi connectivity index (χ0n) is 15.7. The van der Waals surface area contributed by atoms with E-state index >= 15 is 0 Å². The van der Waals surface area contributed by atoms with Gasteiger partial charge in [-0.25, -0.2) is 8.42 Å². The fourth-order valence-corrected chi connectivity index (χ4v) is 5.20. The summed E-state index contributed by atoms with van der Waals surface area (Å²) in [6.45, 7) is 1.57. The molecule has 1 fully saturated rings. The standard InChI is InChI=1S/C21H20N2O5S/c24-29(25,17-6-7-18-20(13-17)27-12-11-26-18)23-10-8-16(14-23)28-19-5-1-3-15-4-2-9-22-21(15)19/h1-7,9,13,16H,8,10-12,14H2. The van der Waals surface area contributed by atoms with Gasteiger partial charge in [-0.15, -0.1) is 0 Å². The van der Waals surface area contributed by atoms with Crippen molar-refractivity contribution >= 4 is 20.9 Å². The van der Waals surface area contributed by atoms with Crippen molar-refractivity contribution in [3.63, 3.8) is 0 Å². The van der Waals surface area contributed by atoms with Crippen LogP contribution in [0.5, 0.6) is 17.2 Å². The van der Waals surface area contributed by atoms with E-state index in [0.717, 1.165) is 10.9 Å². The van der Waals surface area contributed by atoms with Crippen LogP contribution < -0.4 is 14.2 Å². The lowest BCUT2D eigenvalue weighted by atomic mass is 10.2. The molecule has 1 unspecified atom stereocenters. The molecule has 0 radical (unpaired) electrons. The van der Waals surface area contributed by atoms with E-state index in [-0.39, 0.29) is 11.0 Å². The van der Waals surface area contributed by atoms with Gasteiger partial charge in [0.2, 0.25) is 10.0 Å². The molecule has 1 saturated heterocycles. The Morgan fingerprint density at radius 2 is 1.86 bits per heavy atom. The van der Waals surface area contributed by atoms with Gasteiger partial charge in [0.25, 0.3) is 0 Å². The largest absolute Gasteiger partial charge is 0.487 e. The third kappa shape index (κ3) is 3.38. The van der Waals surface area contributed by atoms with Crippen LogP contribution in [0.25, 0.3) is 10.9 Å². The van der Waals surface area contributed by atoms with Gasteiger partial charge >= 0.3 is 0 Å². The van der Waals surface area contributed by atoms with Gasteiger partial charge in [-0.1, -0.05) is 18.2 Å².